The Morgan fingerprint density at radius 2 is 1.78 bits per heavy atom. The lowest BCUT2D eigenvalue weighted by Gasteiger charge is -2.22. The maximum atomic E-state index is 11.8. The molecule has 0 bridgehead atoms. The normalized spacial score (nSPS) is 13.7. The average molecular weight is 279 g/mol. The lowest BCUT2D eigenvalue weighted by atomic mass is 10.2. The summed E-state index contributed by atoms with van der Waals surface area (Å²) in [4.78, 5) is 15.4. The van der Waals surface area contributed by atoms with E-state index in [4.69, 9.17) is 5.73 Å². The highest BCUT2D eigenvalue weighted by molar-refractivity contribution is 7.90. The number of nitrogens with zero attached hydrogens (tertiary/aromatic N) is 2. The van der Waals surface area contributed by atoms with Crippen molar-refractivity contribution in [3.63, 3.8) is 0 Å². The molecule has 2 N–H and O–H groups in total. The molecule has 18 heavy (non-hydrogen) atoms. The van der Waals surface area contributed by atoms with Crippen molar-refractivity contribution < 1.29 is 13.2 Å². The third-order valence-electron chi connectivity index (χ3n) is 2.59. The number of likely N-dealkylation sites (N-methyl/N-ethyl adjacent to an activating group) is 1. The molecule has 6 nitrogen and oxygen atoms in total. The summed E-state index contributed by atoms with van der Waals surface area (Å²) in [6.45, 7) is 1.53. The summed E-state index contributed by atoms with van der Waals surface area (Å²) in [6.07, 6.45) is 2.19. The first-order valence-corrected chi connectivity index (χ1v) is 8.02. The average Bonchev–Trinajstić information content (AvgIpc) is 2.23. The molecule has 0 spiro atoms. The maximum Gasteiger partial charge on any atom is 0.239 e. The predicted octanol–water partition coefficient (Wildman–Crippen LogP) is -0.841. The second-order valence-corrected chi connectivity index (χ2v) is 7.20. The summed E-state index contributed by atoms with van der Waals surface area (Å²) in [5.74, 6) is -0.247. The van der Waals surface area contributed by atoms with E-state index in [2.05, 4.69) is 0 Å². The molecule has 0 aliphatic heterocycles. The molecule has 7 heteroatoms. The van der Waals surface area contributed by atoms with Crippen molar-refractivity contribution >= 4 is 15.7 Å². The van der Waals surface area contributed by atoms with Crippen LogP contribution in [0.25, 0.3) is 0 Å². The van der Waals surface area contributed by atoms with Crippen molar-refractivity contribution in [2.24, 2.45) is 5.73 Å². The highest BCUT2D eigenvalue weighted by atomic mass is 32.2. The third-order valence-corrected chi connectivity index (χ3v) is 3.57. The molecule has 1 atom stereocenters. The Bertz CT molecular complexity index is 355. The molecule has 0 radical (unpaired) electrons. The lowest BCUT2D eigenvalue weighted by molar-refractivity contribution is -0.131. The molecular formula is C11H25N3O3S. The minimum atomic E-state index is -3.06. The van der Waals surface area contributed by atoms with E-state index in [0.29, 0.717) is 6.54 Å². The topological polar surface area (TPSA) is 83.7 Å². The molecule has 0 fully saturated rings. The number of nitrogens with two attached hydrogens (primary N) is 1. The van der Waals surface area contributed by atoms with Gasteiger partial charge in [0, 0.05) is 19.8 Å². The van der Waals surface area contributed by atoms with Gasteiger partial charge in [-0.3, -0.25) is 4.79 Å². The van der Waals surface area contributed by atoms with Crippen LogP contribution in [0.3, 0.4) is 0 Å². The molecule has 0 aliphatic carbocycles. The zero-order chi connectivity index (χ0) is 14.3. The van der Waals surface area contributed by atoms with Crippen LogP contribution in [0.1, 0.15) is 12.8 Å². The smallest absolute Gasteiger partial charge is 0.239 e. The maximum absolute atomic E-state index is 11.8. The highest BCUT2D eigenvalue weighted by Crippen LogP contribution is 1.99. The molecule has 1 unspecified atom stereocenters. The van der Waals surface area contributed by atoms with Gasteiger partial charge in [0.1, 0.15) is 9.84 Å². The van der Waals surface area contributed by atoms with Crippen LogP contribution in [0, 0.1) is 0 Å². The zero-order valence-electron chi connectivity index (χ0n) is 11.7. The van der Waals surface area contributed by atoms with E-state index in [1.165, 1.54) is 0 Å². The summed E-state index contributed by atoms with van der Waals surface area (Å²) >= 11 is 0. The molecular weight excluding hydrogens is 254 g/mol. The molecule has 0 saturated carbocycles. The van der Waals surface area contributed by atoms with E-state index >= 15 is 0 Å². The minimum absolute atomic E-state index is 0.0502. The first kappa shape index (κ1) is 17.3. The van der Waals surface area contributed by atoms with Gasteiger partial charge in [0.25, 0.3) is 0 Å². The Balaban J connectivity index is 4.04. The fraction of sp³-hybridized carbons (Fsp3) is 0.909. The van der Waals surface area contributed by atoms with Gasteiger partial charge in [-0.25, -0.2) is 8.42 Å². The number of carbonyl (C=O) groups excluding carboxylic acids is 1. The largest absolute Gasteiger partial charge is 0.344 e. The number of carbonyl (C=O) groups is 1. The monoisotopic (exact) mass is 279 g/mol. The molecule has 1 amide bonds. The Morgan fingerprint density at radius 1 is 1.22 bits per heavy atom. The second-order valence-electron chi connectivity index (χ2n) is 4.94. The Hall–Kier alpha value is -0.660. The lowest BCUT2D eigenvalue weighted by Crippen LogP contribution is -2.43. The van der Waals surface area contributed by atoms with Crippen molar-refractivity contribution in [1.29, 1.82) is 0 Å². The summed E-state index contributed by atoms with van der Waals surface area (Å²) in [6, 6.07) is -0.732. The Labute approximate surface area is 110 Å². The van der Waals surface area contributed by atoms with Gasteiger partial charge in [-0.15, -0.1) is 0 Å². The van der Waals surface area contributed by atoms with Gasteiger partial charge < -0.3 is 15.5 Å². The number of amides is 1. The van der Waals surface area contributed by atoms with Gasteiger partial charge in [-0.1, -0.05) is 0 Å². The number of hydrogen-bond acceptors (Lipinski definition) is 5. The number of sulfone groups is 1. The van der Waals surface area contributed by atoms with E-state index in [1.807, 2.05) is 19.0 Å². The first-order chi connectivity index (χ1) is 8.13. The minimum Gasteiger partial charge on any atom is -0.344 e. The van der Waals surface area contributed by atoms with Crippen LogP contribution in [-0.4, -0.2) is 76.4 Å². The van der Waals surface area contributed by atoms with Gasteiger partial charge in [0.05, 0.1) is 11.8 Å². The van der Waals surface area contributed by atoms with Crippen LogP contribution in [-0.2, 0) is 14.6 Å². The first-order valence-electron chi connectivity index (χ1n) is 5.96. The van der Waals surface area contributed by atoms with Gasteiger partial charge in [-0.05, 0) is 33.5 Å². The summed E-state index contributed by atoms with van der Waals surface area (Å²) in [5.41, 5.74) is 5.69. The molecule has 108 valence electrons. The van der Waals surface area contributed by atoms with E-state index in [9.17, 15) is 13.2 Å². The van der Waals surface area contributed by atoms with Gasteiger partial charge in [-0.2, -0.15) is 0 Å². The fourth-order valence-corrected chi connectivity index (χ4v) is 2.16. The van der Waals surface area contributed by atoms with Crippen LogP contribution >= 0.6 is 0 Å². The van der Waals surface area contributed by atoms with Crippen molar-refractivity contribution in [2.75, 3.05) is 46.2 Å². The summed E-state index contributed by atoms with van der Waals surface area (Å²) < 4.78 is 22.0. The van der Waals surface area contributed by atoms with Gasteiger partial charge in [0.2, 0.25) is 5.91 Å². The van der Waals surface area contributed by atoms with Crippen LogP contribution in [0.5, 0.6) is 0 Å². The second kappa shape index (κ2) is 7.70. The van der Waals surface area contributed by atoms with Gasteiger partial charge >= 0.3 is 0 Å². The summed E-state index contributed by atoms with van der Waals surface area (Å²) in [7, 11) is 2.57. The van der Waals surface area contributed by atoms with E-state index in [0.717, 1.165) is 19.2 Å². The third kappa shape index (κ3) is 8.43. The van der Waals surface area contributed by atoms with Crippen molar-refractivity contribution in [3.8, 4) is 0 Å². The van der Waals surface area contributed by atoms with E-state index in [1.54, 1.807) is 11.9 Å². The molecule has 0 aromatic carbocycles. The molecule has 0 aromatic heterocycles. The molecule has 0 heterocycles. The Kier molecular flexibility index (Phi) is 7.42. The van der Waals surface area contributed by atoms with Crippen molar-refractivity contribution in [1.82, 2.24) is 9.80 Å². The van der Waals surface area contributed by atoms with Gasteiger partial charge in [0.15, 0.2) is 0 Å². The fourth-order valence-electron chi connectivity index (χ4n) is 1.48. The van der Waals surface area contributed by atoms with Crippen LogP contribution in [0.2, 0.25) is 0 Å². The predicted molar refractivity (Wildman–Crippen MR) is 73.1 cm³/mol. The van der Waals surface area contributed by atoms with Crippen LogP contribution < -0.4 is 5.73 Å². The zero-order valence-corrected chi connectivity index (χ0v) is 12.5. The molecule has 0 saturated heterocycles. The van der Waals surface area contributed by atoms with E-state index < -0.39 is 15.9 Å². The SMILES string of the molecule is CN(C)CCCN(C)C(=O)C(N)CCS(C)(=O)=O. The van der Waals surface area contributed by atoms with Crippen molar-refractivity contribution in [3.05, 3.63) is 0 Å². The Morgan fingerprint density at radius 3 is 2.22 bits per heavy atom. The van der Waals surface area contributed by atoms with Crippen LogP contribution in [0.15, 0.2) is 0 Å². The standard InChI is InChI=1S/C11H25N3O3S/c1-13(2)7-5-8-14(3)11(15)10(12)6-9-18(4,16)17/h10H,5-9,12H2,1-4H3. The van der Waals surface area contributed by atoms with Crippen LogP contribution in [0.4, 0.5) is 0 Å². The quantitative estimate of drug-likeness (QED) is 0.626. The molecule has 0 aliphatic rings. The highest BCUT2D eigenvalue weighted by Gasteiger charge is 2.19. The number of rotatable bonds is 8. The number of hydrogen-bond donors (Lipinski definition) is 1. The molecule has 0 rings (SSSR count). The summed E-state index contributed by atoms with van der Waals surface area (Å²) in [5, 5.41) is 0. The molecule has 0 aromatic rings. The van der Waals surface area contributed by atoms with E-state index in [-0.39, 0.29) is 18.1 Å². The van der Waals surface area contributed by atoms with Crippen molar-refractivity contribution in [2.45, 2.75) is 18.9 Å².